The van der Waals surface area contributed by atoms with Gasteiger partial charge in [0, 0.05) is 37.3 Å². The second kappa shape index (κ2) is 11.3. The number of aliphatic hydroxyl groups is 1. The number of guanidine groups is 1. The monoisotopic (exact) mass is 500 g/mol. The van der Waals surface area contributed by atoms with Crippen LogP contribution >= 0.6 is 24.0 Å². The number of aromatic nitrogens is 3. The molecule has 0 radical (unpaired) electrons. The van der Waals surface area contributed by atoms with E-state index in [0.717, 1.165) is 55.4 Å². The van der Waals surface area contributed by atoms with Crippen molar-refractivity contribution >= 4 is 29.9 Å². The van der Waals surface area contributed by atoms with E-state index in [-0.39, 0.29) is 36.0 Å². The third-order valence-corrected chi connectivity index (χ3v) is 4.84. The third kappa shape index (κ3) is 6.14. The number of aliphatic imine (C=N–C) groups is 1. The molecule has 8 nitrogen and oxygen atoms in total. The lowest BCUT2D eigenvalue weighted by atomic mass is 9.84. The van der Waals surface area contributed by atoms with Crippen LogP contribution in [0.25, 0.3) is 11.4 Å². The minimum absolute atomic E-state index is 0. The van der Waals surface area contributed by atoms with Crippen LogP contribution in [0.5, 0.6) is 0 Å². The summed E-state index contributed by atoms with van der Waals surface area (Å²) in [5.74, 6) is 1.52. The fraction of sp³-hybridized carbons (Fsp3) is 0.526. The van der Waals surface area contributed by atoms with Crippen LogP contribution in [0.15, 0.2) is 35.6 Å². The molecule has 1 atom stereocenters. The van der Waals surface area contributed by atoms with Gasteiger partial charge in [0.2, 0.25) is 0 Å². The lowest BCUT2D eigenvalue weighted by Gasteiger charge is -2.27. The van der Waals surface area contributed by atoms with Crippen molar-refractivity contribution in [1.82, 2.24) is 25.8 Å². The van der Waals surface area contributed by atoms with Crippen molar-refractivity contribution in [2.45, 2.75) is 26.3 Å². The molecule has 9 heteroatoms. The first-order valence-electron chi connectivity index (χ1n) is 9.40. The number of benzene rings is 1. The minimum atomic E-state index is -0.0167. The first-order chi connectivity index (χ1) is 13.2. The van der Waals surface area contributed by atoms with E-state index in [9.17, 15) is 5.11 Å². The molecular weight excluding hydrogens is 471 g/mol. The highest BCUT2D eigenvalue weighted by Crippen LogP contribution is 2.31. The van der Waals surface area contributed by atoms with Crippen molar-refractivity contribution in [3.05, 3.63) is 36.2 Å². The highest BCUT2D eigenvalue weighted by Gasteiger charge is 2.34. The highest BCUT2D eigenvalue weighted by atomic mass is 127. The Morgan fingerprint density at radius 2 is 2.29 bits per heavy atom. The van der Waals surface area contributed by atoms with Gasteiger partial charge in [-0.15, -0.1) is 24.0 Å². The number of aliphatic hydroxyl groups excluding tert-OH is 1. The molecule has 0 aliphatic carbocycles. The maximum absolute atomic E-state index is 9.38. The van der Waals surface area contributed by atoms with Gasteiger partial charge in [-0.2, -0.15) is 5.10 Å². The highest BCUT2D eigenvalue weighted by molar-refractivity contribution is 14.0. The second-order valence-corrected chi connectivity index (χ2v) is 6.86. The molecule has 0 bridgehead atoms. The van der Waals surface area contributed by atoms with Crippen molar-refractivity contribution in [3.8, 4) is 11.4 Å². The molecule has 2 aromatic rings. The Labute approximate surface area is 182 Å². The number of rotatable bonds is 8. The summed E-state index contributed by atoms with van der Waals surface area (Å²) in [6.07, 6.45) is 3.19. The zero-order valence-corrected chi connectivity index (χ0v) is 18.5. The van der Waals surface area contributed by atoms with Crippen LogP contribution < -0.4 is 10.6 Å². The van der Waals surface area contributed by atoms with Crippen LogP contribution in [-0.4, -0.2) is 59.2 Å². The predicted molar refractivity (Wildman–Crippen MR) is 120 cm³/mol. The van der Waals surface area contributed by atoms with Gasteiger partial charge in [0.1, 0.15) is 6.33 Å². The van der Waals surface area contributed by atoms with Crippen molar-refractivity contribution in [2.75, 3.05) is 32.9 Å². The maximum Gasteiger partial charge on any atom is 0.191 e. The Morgan fingerprint density at radius 3 is 2.96 bits per heavy atom. The zero-order valence-electron chi connectivity index (χ0n) is 16.1. The standard InChI is InChI=1S/C19H28N6O2.HI/c1-2-20-18(22-12-19(6-8-26)7-9-27-13-19)21-11-15-4-3-5-16(10-15)17-23-14-24-25-17;/h3-5,10,14,26H,2,6-9,11-13H2,1H3,(H2,20,21,22)(H,23,24,25);1H. The van der Waals surface area contributed by atoms with Gasteiger partial charge >= 0.3 is 0 Å². The van der Waals surface area contributed by atoms with E-state index in [0.29, 0.717) is 13.2 Å². The average molecular weight is 500 g/mol. The third-order valence-electron chi connectivity index (χ3n) is 4.84. The molecule has 1 saturated heterocycles. The van der Waals surface area contributed by atoms with E-state index in [1.165, 1.54) is 6.33 Å². The van der Waals surface area contributed by atoms with Crippen LogP contribution in [0.2, 0.25) is 0 Å². The van der Waals surface area contributed by atoms with Crippen LogP contribution in [-0.2, 0) is 11.3 Å². The summed E-state index contributed by atoms with van der Waals surface area (Å²) in [6.45, 7) is 5.73. The molecule has 0 saturated carbocycles. The number of halogens is 1. The molecule has 3 rings (SSSR count). The Bertz CT molecular complexity index is 732. The molecule has 1 unspecified atom stereocenters. The Morgan fingerprint density at radius 1 is 1.39 bits per heavy atom. The number of ether oxygens (including phenoxy) is 1. The molecule has 1 aromatic heterocycles. The van der Waals surface area contributed by atoms with Gasteiger partial charge in [0.25, 0.3) is 0 Å². The van der Waals surface area contributed by atoms with Crippen molar-refractivity contribution in [1.29, 1.82) is 0 Å². The summed E-state index contributed by atoms with van der Waals surface area (Å²) >= 11 is 0. The summed E-state index contributed by atoms with van der Waals surface area (Å²) < 4.78 is 5.56. The van der Waals surface area contributed by atoms with Crippen LogP contribution in [0.1, 0.15) is 25.3 Å². The molecule has 154 valence electrons. The fourth-order valence-corrected chi connectivity index (χ4v) is 3.26. The first kappa shape index (κ1) is 22.6. The van der Waals surface area contributed by atoms with Gasteiger partial charge in [-0.25, -0.2) is 9.98 Å². The lowest BCUT2D eigenvalue weighted by molar-refractivity contribution is 0.127. The molecular formula is C19H29IN6O2. The molecule has 1 aliphatic heterocycles. The number of aromatic amines is 1. The van der Waals surface area contributed by atoms with E-state index in [1.807, 2.05) is 25.1 Å². The molecule has 1 fully saturated rings. The van der Waals surface area contributed by atoms with Crippen LogP contribution in [0.3, 0.4) is 0 Å². The second-order valence-electron chi connectivity index (χ2n) is 6.86. The van der Waals surface area contributed by atoms with Gasteiger partial charge < -0.3 is 20.5 Å². The van der Waals surface area contributed by atoms with Crippen LogP contribution in [0.4, 0.5) is 0 Å². The van der Waals surface area contributed by atoms with E-state index in [4.69, 9.17) is 9.73 Å². The van der Waals surface area contributed by atoms with Gasteiger partial charge in [-0.05, 0) is 31.4 Å². The lowest BCUT2D eigenvalue weighted by Crippen LogP contribution is -2.44. The SMILES string of the molecule is CCNC(=NCc1cccc(-c2ncn[nH]2)c1)NCC1(CCO)CCOC1.I. The normalized spacial score (nSPS) is 19.3. The molecule has 4 N–H and O–H groups in total. The zero-order chi connectivity index (χ0) is 19.0. The molecule has 28 heavy (non-hydrogen) atoms. The van der Waals surface area contributed by atoms with Crippen molar-refractivity contribution in [3.63, 3.8) is 0 Å². The molecule has 1 aliphatic rings. The number of hydrogen-bond acceptors (Lipinski definition) is 5. The first-order valence-corrected chi connectivity index (χ1v) is 9.40. The molecule has 0 amide bonds. The summed E-state index contributed by atoms with van der Waals surface area (Å²) in [7, 11) is 0. The summed E-state index contributed by atoms with van der Waals surface area (Å²) in [6, 6.07) is 8.10. The van der Waals surface area contributed by atoms with E-state index < -0.39 is 0 Å². The predicted octanol–water partition coefficient (Wildman–Crippen LogP) is 1.93. The topological polar surface area (TPSA) is 107 Å². The average Bonchev–Trinajstić information content (AvgIpc) is 3.37. The quantitative estimate of drug-likeness (QED) is 0.251. The number of H-pyrrole nitrogens is 1. The summed E-state index contributed by atoms with van der Waals surface area (Å²) in [5, 5.41) is 22.9. The van der Waals surface area contributed by atoms with Gasteiger partial charge in [0.15, 0.2) is 11.8 Å². The van der Waals surface area contributed by atoms with Gasteiger partial charge in [0.05, 0.1) is 13.2 Å². The Kier molecular flexibility index (Phi) is 9.13. The largest absolute Gasteiger partial charge is 0.396 e. The van der Waals surface area contributed by atoms with Crippen molar-refractivity contribution < 1.29 is 9.84 Å². The maximum atomic E-state index is 9.38. The van der Waals surface area contributed by atoms with Crippen molar-refractivity contribution in [2.24, 2.45) is 10.4 Å². The number of hydrogen-bond donors (Lipinski definition) is 4. The van der Waals surface area contributed by atoms with E-state index >= 15 is 0 Å². The minimum Gasteiger partial charge on any atom is -0.396 e. The summed E-state index contributed by atoms with van der Waals surface area (Å²) in [4.78, 5) is 8.89. The molecule has 2 heterocycles. The number of nitrogens with zero attached hydrogens (tertiary/aromatic N) is 3. The van der Waals surface area contributed by atoms with Crippen LogP contribution in [0, 0.1) is 5.41 Å². The Balaban J connectivity index is 0.00000280. The molecule has 1 aromatic carbocycles. The van der Waals surface area contributed by atoms with E-state index in [1.54, 1.807) is 0 Å². The van der Waals surface area contributed by atoms with Gasteiger partial charge in [-0.1, -0.05) is 18.2 Å². The fourth-order valence-electron chi connectivity index (χ4n) is 3.26. The van der Waals surface area contributed by atoms with E-state index in [2.05, 4.69) is 31.9 Å². The summed E-state index contributed by atoms with van der Waals surface area (Å²) in [5.41, 5.74) is 2.07. The Hall–Kier alpha value is -1.72. The van der Waals surface area contributed by atoms with Gasteiger partial charge in [-0.3, -0.25) is 5.10 Å². The molecule has 0 spiro atoms. The number of nitrogens with one attached hydrogen (secondary N) is 3. The smallest absolute Gasteiger partial charge is 0.191 e.